The second kappa shape index (κ2) is 10.9. The first-order valence-electron chi connectivity index (χ1n) is 10.9. The van der Waals surface area contributed by atoms with Crippen molar-refractivity contribution in [3.05, 3.63) is 89.9 Å². The number of imidazole rings is 1. The second-order valence-electron chi connectivity index (χ2n) is 7.93. The van der Waals surface area contributed by atoms with Crippen LogP contribution in [0.25, 0.3) is 6.20 Å². The van der Waals surface area contributed by atoms with E-state index in [1.807, 2.05) is 30.3 Å². The van der Waals surface area contributed by atoms with Crippen LogP contribution in [0.2, 0.25) is 5.02 Å². The zero-order chi connectivity index (χ0) is 23.9. The molecule has 0 atom stereocenters. The molecular formula is C25H27ClN6O2. The van der Waals surface area contributed by atoms with Crippen molar-refractivity contribution in [1.82, 2.24) is 24.7 Å². The monoisotopic (exact) mass is 478 g/mol. The number of piperazine rings is 1. The molecule has 3 N–H and O–H groups in total. The van der Waals surface area contributed by atoms with Gasteiger partial charge in [-0.3, -0.25) is 9.47 Å². The number of urea groups is 1. The van der Waals surface area contributed by atoms with E-state index in [4.69, 9.17) is 22.1 Å². The van der Waals surface area contributed by atoms with Crippen LogP contribution in [0.1, 0.15) is 5.56 Å². The van der Waals surface area contributed by atoms with Crippen molar-refractivity contribution in [1.29, 1.82) is 0 Å². The largest absolute Gasteiger partial charge is 0.457 e. The molecule has 1 aromatic heterocycles. The summed E-state index contributed by atoms with van der Waals surface area (Å²) >= 11 is 5.94. The van der Waals surface area contributed by atoms with Crippen LogP contribution in [0.5, 0.6) is 11.5 Å². The molecule has 1 aliphatic heterocycles. The maximum atomic E-state index is 12.6. The maximum absolute atomic E-state index is 12.6. The third-order valence-electron chi connectivity index (χ3n) is 5.42. The summed E-state index contributed by atoms with van der Waals surface area (Å²) in [4.78, 5) is 20.6. The number of nitrogens with one attached hydrogen (secondary N) is 1. The zero-order valence-corrected chi connectivity index (χ0v) is 19.5. The number of halogens is 1. The van der Waals surface area contributed by atoms with Crippen LogP contribution >= 0.6 is 11.6 Å². The molecule has 4 rings (SSSR count). The number of nitrogens with two attached hydrogens (primary N) is 1. The summed E-state index contributed by atoms with van der Waals surface area (Å²) in [5.74, 6) is 1.89. The van der Waals surface area contributed by atoms with Gasteiger partial charge in [0.2, 0.25) is 5.95 Å². The number of benzene rings is 2. The minimum atomic E-state index is -0.161. The fraction of sp³-hybridized carbons (Fsp3) is 0.200. The molecule has 1 aliphatic rings. The molecule has 0 radical (unpaired) electrons. The molecule has 0 aliphatic carbocycles. The van der Waals surface area contributed by atoms with E-state index in [0.29, 0.717) is 29.8 Å². The molecule has 2 aromatic carbocycles. The Kier molecular flexibility index (Phi) is 7.51. The minimum absolute atomic E-state index is 0.161. The number of ether oxygens (including phenoxy) is 1. The first-order valence-corrected chi connectivity index (χ1v) is 11.3. The van der Waals surface area contributed by atoms with Gasteiger partial charge < -0.3 is 20.7 Å². The number of anilines is 1. The summed E-state index contributed by atoms with van der Waals surface area (Å²) in [7, 11) is 0. The van der Waals surface area contributed by atoms with Gasteiger partial charge in [0.05, 0.1) is 0 Å². The number of carbonyl (C=O) groups excluding carboxylic acids is 1. The second-order valence-corrected chi connectivity index (χ2v) is 8.37. The molecule has 34 heavy (non-hydrogen) atoms. The van der Waals surface area contributed by atoms with Crippen molar-refractivity contribution in [2.45, 2.75) is 6.54 Å². The van der Waals surface area contributed by atoms with Crippen LogP contribution in [-0.2, 0) is 6.54 Å². The molecule has 8 nitrogen and oxygen atoms in total. The Balaban J connectivity index is 1.24. The Labute approximate surface area is 203 Å². The first-order chi connectivity index (χ1) is 16.5. The van der Waals surface area contributed by atoms with Crippen molar-refractivity contribution in [2.75, 3.05) is 31.9 Å². The van der Waals surface area contributed by atoms with E-state index in [2.05, 4.69) is 27.8 Å². The summed E-state index contributed by atoms with van der Waals surface area (Å²) in [6.45, 7) is 7.51. The molecular weight excluding hydrogens is 452 g/mol. The van der Waals surface area contributed by atoms with Gasteiger partial charge in [0.25, 0.3) is 0 Å². The molecule has 176 valence electrons. The van der Waals surface area contributed by atoms with Gasteiger partial charge in [-0.15, -0.1) is 0 Å². The Morgan fingerprint density at radius 2 is 1.91 bits per heavy atom. The van der Waals surface area contributed by atoms with Gasteiger partial charge in [0, 0.05) is 62.0 Å². The molecule has 0 bridgehead atoms. The van der Waals surface area contributed by atoms with Crippen LogP contribution < -0.4 is 15.8 Å². The van der Waals surface area contributed by atoms with E-state index in [1.54, 1.807) is 46.3 Å². The van der Waals surface area contributed by atoms with Crippen LogP contribution in [0.4, 0.5) is 10.7 Å². The third-order valence-corrected chi connectivity index (χ3v) is 5.67. The smallest absolute Gasteiger partial charge is 0.321 e. The number of rotatable bonds is 7. The lowest BCUT2D eigenvalue weighted by molar-refractivity contribution is 0.137. The molecule has 0 unspecified atom stereocenters. The SMILES string of the molecule is C=C(/C=C\n1ccnc1N)NC(=O)N1CCN(Cc2cccc(Oc3ccc(Cl)cc3)c2)CC1. The quantitative estimate of drug-likeness (QED) is 0.490. The van der Waals surface area contributed by atoms with E-state index in [1.165, 1.54) is 0 Å². The van der Waals surface area contributed by atoms with Gasteiger partial charge in [-0.05, 0) is 48.0 Å². The molecule has 2 amide bonds. The van der Waals surface area contributed by atoms with Crippen molar-refractivity contribution < 1.29 is 9.53 Å². The van der Waals surface area contributed by atoms with E-state index < -0.39 is 0 Å². The number of nitrogen functional groups attached to an aromatic ring is 1. The van der Waals surface area contributed by atoms with Crippen LogP contribution in [0, 0.1) is 0 Å². The molecule has 3 aromatic rings. The highest BCUT2D eigenvalue weighted by atomic mass is 35.5. The first kappa shape index (κ1) is 23.4. The molecule has 9 heteroatoms. The summed E-state index contributed by atoms with van der Waals surface area (Å²) in [5.41, 5.74) is 7.36. The van der Waals surface area contributed by atoms with Gasteiger partial charge in [-0.25, -0.2) is 9.78 Å². The van der Waals surface area contributed by atoms with Gasteiger partial charge >= 0.3 is 6.03 Å². The third kappa shape index (κ3) is 6.40. The highest BCUT2D eigenvalue weighted by Gasteiger charge is 2.21. The maximum Gasteiger partial charge on any atom is 0.321 e. The average molecular weight is 479 g/mol. The summed E-state index contributed by atoms with van der Waals surface area (Å²) in [6, 6.07) is 15.2. The van der Waals surface area contributed by atoms with Gasteiger partial charge in [0.1, 0.15) is 11.5 Å². The van der Waals surface area contributed by atoms with Gasteiger partial charge in [-0.1, -0.05) is 30.3 Å². The summed E-state index contributed by atoms with van der Waals surface area (Å²) < 4.78 is 7.58. The lowest BCUT2D eigenvalue weighted by Crippen LogP contribution is -2.51. The highest BCUT2D eigenvalue weighted by molar-refractivity contribution is 6.30. The Morgan fingerprint density at radius 1 is 1.15 bits per heavy atom. The van der Waals surface area contributed by atoms with Crippen LogP contribution in [0.3, 0.4) is 0 Å². The highest BCUT2D eigenvalue weighted by Crippen LogP contribution is 2.24. The number of allylic oxidation sites excluding steroid dienone is 1. The average Bonchev–Trinajstić information content (AvgIpc) is 3.24. The van der Waals surface area contributed by atoms with E-state index in [-0.39, 0.29) is 6.03 Å². The van der Waals surface area contributed by atoms with E-state index in [9.17, 15) is 4.79 Å². The van der Waals surface area contributed by atoms with Crippen LogP contribution in [0.15, 0.2) is 79.3 Å². The van der Waals surface area contributed by atoms with Gasteiger partial charge in [-0.2, -0.15) is 0 Å². The van der Waals surface area contributed by atoms with E-state index >= 15 is 0 Å². The van der Waals surface area contributed by atoms with E-state index in [0.717, 1.165) is 36.7 Å². The van der Waals surface area contributed by atoms with Crippen molar-refractivity contribution in [2.24, 2.45) is 0 Å². The van der Waals surface area contributed by atoms with Crippen molar-refractivity contribution in [3.8, 4) is 11.5 Å². The molecule has 0 saturated carbocycles. The number of hydrogen-bond donors (Lipinski definition) is 2. The topological polar surface area (TPSA) is 88.6 Å². The number of aromatic nitrogens is 2. The summed E-state index contributed by atoms with van der Waals surface area (Å²) in [5, 5.41) is 3.49. The van der Waals surface area contributed by atoms with Crippen molar-refractivity contribution >= 4 is 29.8 Å². The van der Waals surface area contributed by atoms with Crippen LogP contribution in [-0.4, -0.2) is 51.6 Å². The van der Waals surface area contributed by atoms with Crippen molar-refractivity contribution in [3.63, 3.8) is 0 Å². The lowest BCUT2D eigenvalue weighted by atomic mass is 10.2. The predicted molar refractivity (Wildman–Crippen MR) is 134 cm³/mol. The molecule has 1 saturated heterocycles. The summed E-state index contributed by atoms with van der Waals surface area (Å²) in [6.07, 6.45) is 6.71. The fourth-order valence-electron chi connectivity index (χ4n) is 3.59. The standard InChI is InChI=1S/C25H27ClN6O2/c1-19(9-11-31-12-10-28-24(31)27)29-25(33)32-15-13-30(14-16-32)18-20-3-2-4-23(17-20)34-22-7-5-21(26)6-8-22/h2-12,17H,1,13-16,18H2,(H2,27,28)(H,29,33)/b11-9-. The Hall–Kier alpha value is -3.75. The Morgan fingerprint density at radius 3 is 2.62 bits per heavy atom. The van der Waals surface area contributed by atoms with Gasteiger partial charge in [0.15, 0.2) is 0 Å². The number of nitrogens with zero attached hydrogens (tertiary/aromatic N) is 4. The predicted octanol–water partition coefficient (Wildman–Crippen LogP) is 4.42. The number of hydrogen-bond acceptors (Lipinski definition) is 5. The zero-order valence-electron chi connectivity index (χ0n) is 18.7. The fourth-order valence-corrected chi connectivity index (χ4v) is 3.72. The Bertz CT molecular complexity index is 1170. The normalized spacial score (nSPS) is 14.3. The molecule has 2 heterocycles. The minimum Gasteiger partial charge on any atom is -0.457 e. The number of amides is 2. The number of carbonyl (C=O) groups is 1. The lowest BCUT2D eigenvalue weighted by Gasteiger charge is -2.34. The molecule has 1 fully saturated rings. The molecule has 0 spiro atoms.